The second-order valence-corrected chi connectivity index (χ2v) is 6.12. The molecule has 124 valence electrons. The van der Waals surface area contributed by atoms with Gasteiger partial charge in [0.1, 0.15) is 22.2 Å². The average Bonchev–Trinajstić information content (AvgIpc) is 2.89. The van der Waals surface area contributed by atoms with E-state index in [1.165, 1.54) is 17.0 Å². The zero-order valence-electron chi connectivity index (χ0n) is 12.9. The van der Waals surface area contributed by atoms with E-state index >= 15 is 0 Å². The highest BCUT2D eigenvalue weighted by atomic mass is 32.1. The maximum atomic E-state index is 13.7. The van der Waals surface area contributed by atoms with Crippen molar-refractivity contribution in [3.8, 4) is 0 Å². The molecule has 0 bridgehead atoms. The molecule has 0 unspecified atom stereocenters. The number of hydrogen-bond acceptors (Lipinski definition) is 4. The number of aryl methyl sites for hydroxylation is 2. The number of hydrogen-bond donors (Lipinski definition) is 1. The quantitative estimate of drug-likeness (QED) is 0.789. The molecule has 0 aliphatic heterocycles. The molecule has 3 aromatic rings. The molecule has 0 fully saturated rings. The van der Waals surface area contributed by atoms with Crippen molar-refractivity contribution >= 4 is 33.1 Å². The van der Waals surface area contributed by atoms with Crippen LogP contribution in [0.25, 0.3) is 10.2 Å². The number of carbonyl (C=O) groups is 1. The summed E-state index contributed by atoms with van der Waals surface area (Å²) in [5, 5.41) is 2.58. The molecule has 3 rings (SSSR count). The van der Waals surface area contributed by atoms with E-state index in [-0.39, 0.29) is 10.4 Å². The van der Waals surface area contributed by atoms with Crippen LogP contribution in [0.15, 0.2) is 29.3 Å². The number of fused-ring (bicyclic) bond motifs is 1. The molecule has 2 aromatic heterocycles. The Morgan fingerprint density at radius 3 is 2.62 bits per heavy atom. The Balaban J connectivity index is 2.07. The Morgan fingerprint density at radius 2 is 2.00 bits per heavy atom. The number of amides is 1. The summed E-state index contributed by atoms with van der Waals surface area (Å²) in [6, 6.07) is 3.32. The molecule has 0 saturated heterocycles. The molecular formula is C16H13F2N3O2S. The standard InChI is InChI=1S/C16H13F2N3O2S/c1-3-21-7-19-15-11(16(21)23)8(2)13(24-15)14(22)20-12-9(17)5-4-6-10(12)18/h4-7H,3H2,1-2H3,(H,20,22). The van der Waals surface area contributed by atoms with E-state index in [9.17, 15) is 18.4 Å². The number of thiophene rings is 1. The number of halogens is 2. The normalized spacial score (nSPS) is 11.0. The molecular weight excluding hydrogens is 336 g/mol. The highest BCUT2D eigenvalue weighted by Crippen LogP contribution is 2.28. The molecule has 1 amide bonds. The molecule has 2 heterocycles. The largest absolute Gasteiger partial charge is 0.316 e. The first-order valence-electron chi connectivity index (χ1n) is 7.18. The van der Waals surface area contributed by atoms with Crippen LogP contribution in [0.4, 0.5) is 14.5 Å². The number of rotatable bonds is 3. The minimum atomic E-state index is -0.867. The highest BCUT2D eigenvalue weighted by Gasteiger charge is 2.21. The zero-order chi connectivity index (χ0) is 17.4. The topological polar surface area (TPSA) is 64.0 Å². The van der Waals surface area contributed by atoms with Crippen LogP contribution in [0, 0.1) is 18.6 Å². The number of carbonyl (C=O) groups excluding carboxylic acids is 1. The third-order valence-electron chi connectivity index (χ3n) is 3.67. The molecule has 24 heavy (non-hydrogen) atoms. The fourth-order valence-electron chi connectivity index (χ4n) is 2.39. The number of anilines is 1. The summed E-state index contributed by atoms with van der Waals surface area (Å²) in [5.41, 5.74) is -0.310. The minimum absolute atomic E-state index is 0.200. The van der Waals surface area contributed by atoms with Crippen molar-refractivity contribution in [3.05, 3.63) is 57.0 Å². The first-order chi connectivity index (χ1) is 11.4. The summed E-state index contributed by atoms with van der Waals surface area (Å²) in [5.74, 6) is -2.41. The van der Waals surface area contributed by atoms with Gasteiger partial charge in [0.15, 0.2) is 0 Å². The first-order valence-corrected chi connectivity index (χ1v) is 7.99. The van der Waals surface area contributed by atoms with Gasteiger partial charge >= 0.3 is 0 Å². The molecule has 0 radical (unpaired) electrons. The lowest BCUT2D eigenvalue weighted by Gasteiger charge is -2.06. The van der Waals surface area contributed by atoms with E-state index in [2.05, 4.69) is 10.3 Å². The third kappa shape index (κ3) is 2.58. The number of benzene rings is 1. The van der Waals surface area contributed by atoms with Gasteiger partial charge in [0.2, 0.25) is 0 Å². The van der Waals surface area contributed by atoms with Gasteiger partial charge in [-0.1, -0.05) is 6.07 Å². The molecule has 0 spiro atoms. The van der Waals surface area contributed by atoms with Crippen LogP contribution < -0.4 is 10.9 Å². The lowest BCUT2D eigenvalue weighted by Crippen LogP contribution is -2.19. The van der Waals surface area contributed by atoms with E-state index in [4.69, 9.17) is 0 Å². The number of aromatic nitrogens is 2. The Labute approximate surface area is 139 Å². The molecule has 1 aromatic carbocycles. The van der Waals surface area contributed by atoms with Crippen molar-refractivity contribution in [2.24, 2.45) is 0 Å². The molecule has 0 aliphatic rings. The molecule has 0 saturated carbocycles. The second-order valence-electron chi connectivity index (χ2n) is 5.12. The lowest BCUT2D eigenvalue weighted by atomic mass is 10.2. The second kappa shape index (κ2) is 6.12. The van der Waals surface area contributed by atoms with E-state index in [1.807, 2.05) is 6.92 Å². The average molecular weight is 349 g/mol. The van der Waals surface area contributed by atoms with Gasteiger partial charge in [-0.2, -0.15) is 0 Å². The monoisotopic (exact) mass is 349 g/mol. The maximum absolute atomic E-state index is 13.7. The molecule has 5 nitrogen and oxygen atoms in total. The number of para-hydroxylation sites is 1. The fraction of sp³-hybridized carbons (Fsp3) is 0.188. The van der Waals surface area contributed by atoms with Gasteiger partial charge in [-0.3, -0.25) is 14.2 Å². The van der Waals surface area contributed by atoms with Crippen LogP contribution in [0.3, 0.4) is 0 Å². The molecule has 1 N–H and O–H groups in total. The van der Waals surface area contributed by atoms with Crippen LogP contribution in [0.1, 0.15) is 22.2 Å². The predicted molar refractivity (Wildman–Crippen MR) is 88.6 cm³/mol. The van der Waals surface area contributed by atoms with Crippen LogP contribution in [0.5, 0.6) is 0 Å². The summed E-state index contributed by atoms with van der Waals surface area (Å²) in [4.78, 5) is 29.6. The van der Waals surface area contributed by atoms with Gasteiger partial charge < -0.3 is 5.32 Å². The van der Waals surface area contributed by atoms with Gasteiger partial charge in [-0.25, -0.2) is 13.8 Å². The zero-order valence-corrected chi connectivity index (χ0v) is 13.7. The van der Waals surface area contributed by atoms with Gasteiger partial charge in [-0.05, 0) is 31.5 Å². The van der Waals surface area contributed by atoms with Crippen molar-refractivity contribution < 1.29 is 13.6 Å². The Bertz CT molecular complexity index is 990. The third-order valence-corrected chi connectivity index (χ3v) is 4.86. The van der Waals surface area contributed by atoms with Crippen molar-refractivity contribution in [1.29, 1.82) is 0 Å². The molecule has 8 heteroatoms. The summed E-state index contributed by atoms with van der Waals surface area (Å²) in [6.07, 6.45) is 1.42. The summed E-state index contributed by atoms with van der Waals surface area (Å²) < 4.78 is 28.8. The summed E-state index contributed by atoms with van der Waals surface area (Å²) in [7, 11) is 0. The lowest BCUT2D eigenvalue weighted by molar-refractivity contribution is 0.102. The highest BCUT2D eigenvalue weighted by molar-refractivity contribution is 7.20. The molecule has 0 atom stereocenters. The van der Waals surface area contributed by atoms with E-state index in [1.54, 1.807) is 6.92 Å². The number of nitrogens with one attached hydrogen (secondary N) is 1. The first kappa shape index (κ1) is 16.3. The van der Waals surface area contributed by atoms with Crippen molar-refractivity contribution in [3.63, 3.8) is 0 Å². The molecule has 0 aliphatic carbocycles. The van der Waals surface area contributed by atoms with E-state index in [0.717, 1.165) is 23.5 Å². The fourth-order valence-corrected chi connectivity index (χ4v) is 3.42. The van der Waals surface area contributed by atoms with Gasteiger partial charge in [0.05, 0.1) is 16.6 Å². The SMILES string of the molecule is CCn1cnc2sc(C(=O)Nc3c(F)cccc3F)c(C)c2c1=O. The van der Waals surface area contributed by atoms with Crippen molar-refractivity contribution in [1.82, 2.24) is 9.55 Å². The van der Waals surface area contributed by atoms with Crippen LogP contribution in [-0.2, 0) is 6.54 Å². The van der Waals surface area contributed by atoms with Gasteiger partial charge in [0.25, 0.3) is 11.5 Å². The minimum Gasteiger partial charge on any atom is -0.316 e. The van der Waals surface area contributed by atoms with Gasteiger partial charge in [0, 0.05) is 6.54 Å². The van der Waals surface area contributed by atoms with Crippen LogP contribution in [0.2, 0.25) is 0 Å². The smallest absolute Gasteiger partial charge is 0.266 e. The van der Waals surface area contributed by atoms with E-state index in [0.29, 0.717) is 22.3 Å². The van der Waals surface area contributed by atoms with Gasteiger partial charge in [-0.15, -0.1) is 11.3 Å². The predicted octanol–water partition coefficient (Wildman–Crippen LogP) is 3.32. The summed E-state index contributed by atoms with van der Waals surface area (Å²) in [6.45, 7) is 3.89. The Morgan fingerprint density at radius 1 is 1.33 bits per heavy atom. The van der Waals surface area contributed by atoms with Crippen molar-refractivity contribution in [2.75, 3.05) is 5.32 Å². The Kier molecular flexibility index (Phi) is 4.15. The van der Waals surface area contributed by atoms with Crippen LogP contribution >= 0.6 is 11.3 Å². The summed E-state index contributed by atoms with van der Waals surface area (Å²) >= 11 is 1.01. The van der Waals surface area contributed by atoms with Crippen LogP contribution in [-0.4, -0.2) is 15.5 Å². The Hall–Kier alpha value is -2.61. The number of nitrogens with zero attached hydrogens (tertiary/aromatic N) is 2. The van der Waals surface area contributed by atoms with Crippen molar-refractivity contribution in [2.45, 2.75) is 20.4 Å². The maximum Gasteiger partial charge on any atom is 0.266 e. The van der Waals surface area contributed by atoms with E-state index < -0.39 is 23.2 Å².